The van der Waals surface area contributed by atoms with Crippen LogP contribution in [-0.2, 0) is 6.05 Å². The average molecular weight is 250 g/mol. The summed E-state index contributed by atoms with van der Waals surface area (Å²) in [5.41, 5.74) is 0.000648. The van der Waals surface area contributed by atoms with E-state index in [2.05, 4.69) is 15.9 Å². The molecule has 1 aromatic rings. The summed E-state index contributed by atoms with van der Waals surface area (Å²) in [7, 11) is 2.70. The molecular weight excluding hydrogens is 240 g/mol. The van der Waals surface area contributed by atoms with E-state index in [-0.39, 0.29) is 5.56 Å². The number of nitrogens with zero attached hydrogens (tertiary/aromatic N) is 1. The van der Waals surface area contributed by atoms with E-state index in [0.717, 1.165) is 9.37 Å². The summed E-state index contributed by atoms with van der Waals surface area (Å²) in [5, 5.41) is 0. The van der Waals surface area contributed by atoms with Crippen molar-refractivity contribution in [1.82, 2.24) is 4.90 Å². The molecule has 0 fully saturated rings. The van der Waals surface area contributed by atoms with Crippen molar-refractivity contribution >= 4 is 15.9 Å². The van der Waals surface area contributed by atoms with Gasteiger partial charge in [-0.1, -0.05) is 28.1 Å². The first kappa shape index (κ1) is 10.6. The lowest BCUT2D eigenvalue weighted by molar-refractivity contribution is -0.130. The SMILES string of the molecule is CN(C)C(F)(F)c1ccc(Br)cc1. The van der Waals surface area contributed by atoms with Gasteiger partial charge in [0.1, 0.15) is 0 Å². The number of alkyl halides is 2. The van der Waals surface area contributed by atoms with E-state index < -0.39 is 6.05 Å². The molecule has 0 aliphatic heterocycles. The lowest BCUT2D eigenvalue weighted by atomic mass is 10.2. The third kappa shape index (κ3) is 2.25. The smallest absolute Gasteiger partial charge is 0.247 e. The lowest BCUT2D eigenvalue weighted by Crippen LogP contribution is -2.32. The Morgan fingerprint density at radius 1 is 1.15 bits per heavy atom. The fraction of sp³-hybridized carbons (Fsp3) is 0.333. The summed E-state index contributed by atoms with van der Waals surface area (Å²) < 4.78 is 27.4. The standard InChI is InChI=1S/C9H10BrF2N/c1-13(2)9(11,12)7-3-5-8(10)6-4-7/h3-6H,1-2H3. The maximum Gasteiger partial charge on any atom is 0.331 e. The molecule has 0 spiro atoms. The molecule has 0 radical (unpaired) electrons. The van der Waals surface area contributed by atoms with Crippen molar-refractivity contribution in [3.8, 4) is 0 Å². The Labute approximate surface area is 84.5 Å². The van der Waals surface area contributed by atoms with E-state index in [1.807, 2.05) is 0 Å². The summed E-state index contributed by atoms with van der Waals surface area (Å²) in [5.74, 6) is 0. The van der Waals surface area contributed by atoms with Gasteiger partial charge < -0.3 is 0 Å². The number of halogens is 3. The number of hydrogen-bond acceptors (Lipinski definition) is 1. The van der Waals surface area contributed by atoms with E-state index >= 15 is 0 Å². The molecule has 0 unspecified atom stereocenters. The van der Waals surface area contributed by atoms with Crippen molar-refractivity contribution in [2.24, 2.45) is 0 Å². The summed E-state index contributed by atoms with van der Waals surface area (Å²) in [6.45, 7) is 0. The Balaban J connectivity index is 3.01. The van der Waals surface area contributed by atoms with Gasteiger partial charge in [-0.25, -0.2) is 4.90 Å². The van der Waals surface area contributed by atoms with Crippen LogP contribution in [-0.4, -0.2) is 19.0 Å². The van der Waals surface area contributed by atoms with Crippen LogP contribution in [0.4, 0.5) is 8.78 Å². The Kier molecular flexibility index (Phi) is 3.03. The zero-order valence-corrected chi connectivity index (χ0v) is 8.98. The topological polar surface area (TPSA) is 3.24 Å². The van der Waals surface area contributed by atoms with Crippen molar-refractivity contribution in [2.45, 2.75) is 6.05 Å². The number of benzene rings is 1. The molecule has 4 heteroatoms. The van der Waals surface area contributed by atoms with Gasteiger partial charge in [0.05, 0.1) is 0 Å². The minimum Gasteiger partial charge on any atom is -0.247 e. The monoisotopic (exact) mass is 249 g/mol. The Bertz CT molecular complexity index is 282. The molecule has 0 atom stereocenters. The van der Waals surface area contributed by atoms with Crippen LogP contribution in [0.3, 0.4) is 0 Å². The molecule has 1 aromatic carbocycles. The van der Waals surface area contributed by atoms with Crippen LogP contribution in [0.25, 0.3) is 0 Å². The fourth-order valence-corrected chi connectivity index (χ4v) is 1.17. The second kappa shape index (κ2) is 3.72. The van der Waals surface area contributed by atoms with Crippen molar-refractivity contribution in [3.05, 3.63) is 34.3 Å². The maximum atomic E-state index is 13.3. The van der Waals surface area contributed by atoms with Crippen LogP contribution in [0.15, 0.2) is 28.7 Å². The molecule has 72 valence electrons. The van der Waals surface area contributed by atoms with Crippen molar-refractivity contribution in [2.75, 3.05) is 14.1 Å². The largest absolute Gasteiger partial charge is 0.331 e. The zero-order valence-electron chi connectivity index (χ0n) is 7.39. The quantitative estimate of drug-likeness (QED) is 0.729. The third-order valence-corrected chi connectivity index (χ3v) is 2.28. The Morgan fingerprint density at radius 2 is 1.62 bits per heavy atom. The van der Waals surface area contributed by atoms with E-state index in [0.29, 0.717) is 0 Å². The second-order valence-corrected chi connectivity index (χ2v) is 3.86. The molecule has 0 heterocycles. The predicted molar refractivity (Wildman–Crippen MR) is 51.7 cm³/mol. The van der Waals surface area contributed by atoms with Crippen LogP contribution < -0.4 is 0 Å². The molecule has 0 saturated heterocycles. The average Bonchev–Trinajstić information content (AvgIpc) is 2.04. The molecule has 0 saturated carbocycles. The second-order valence-electron chi connectivity index (χ2n) is 2.94. The summed E-state index contributed by atoms with van der Waals surface area (Å²) >= 11 is 3.19. The van der Waals surface area contributed by atoms with Gasteiger partial charge in [-0.3, -0.25) is 0 Å². The van der Waals surface area contributed by atoms with Crippen LogP contribution in [0, 0.1) is 0 Å². The van der Waals surface area contributed by atoms with Gasteiger partial charge in [0, 0.05) is 10.0 Å². The molecule has 0 N–H and O–H groups in total. The van der Waals surface area contributed by atoms with Crippen molar-refractivity contribution in [3.63, 3.8) is 0 Å². The first-order chi connectivity index (χ1) is 5.94. The van der Waals surface area contributed by atoms with Gasteiger partial charge >= 0.3 is 6.05 Å². The fourth-order valence-electron chi connectivity index (χ4n) is 0.909. The van der Waals surface area contributed by atoms with E-state index in [4.69, 9.17) is 0 Å². The Hall–Kier alpha value is -0.480. The van der Waals surface area contributed by atoms with Crippen LogP contribution in [0.2, 0.25) is 0 Å². The van der Waals surface area contributed by atoms with E-state index in [1.165, 1.54) is 26.2 Å². The molecular formula is C9H10BrF2N. The summed E-state index contributed by atoms with van der Waals surface area (Å²) in [4.78, 5) is 0.885. The lowest BCUT2D eigenvalue weighted by Gasteiger charge is -2.23. The zero-order chi connectivity index (χ0) is 10.1. The van der Waals surface area contributed by atoms with Crippen LogP contribution in [0.1, 0.15) is 5.56 Å². The highest BCUT2D eigenvalue weighted by atomic mass is 79.9. The van der Waals surface area contributed by atoms with Crippen LogP contribution >= 0.6 is 15.9 Å². The van der Waals surface area contributed by atoms with Crippen molar-refractivity contribution < 1.29 is 8.78 Å². The number of rotatable bonds is 2. The van der Waals surface area contributed by atoms with E-state index in [1.54, 1.807) is 12.1 Å². The molecule has 1 nitrogen and oxygen atoms in total. The Morgan fingerprint density at radius 3 is 2.00 bits per heavy atom. The van der Waals surface area contributed by atoms with E-state index in [9.17, 15) is 8.78 Å². The first-order valence-corrected chi connectivity index (χ1v) is 4.55. The van der Waals surface area contributed by atoms with Gasteiger partial charge in [0.15, 0.2) is 0 Å². The van der Waals surface area contributed by atoms with Crippen LogP contribution in [0.5, 0.6) is 0 Å². The minimum absolute atomic E-state index is 0.000648. The maximum absolute atomic E-state index is 13.3. The molecule has 0 amide bonds. The molecule has 0 aliphatic carbocycles. The third-order valence-electron chi connectivity index (χ3n) is 1.75. The highest BCUT2D eigenvalue weighted by Crippen LogP contribution is 2.30. The predicted octanol–water partition coefficient (Wildman–Crippen LogP) is 3.06. The minimum atomic E-state index is -2.90. The summed E-state index contributed by atoms with van der Waals surface area (Å²) in [6.07, 6.45) is 0. The molecule has 0 bridgehead atoms. The first-order valence-electron chi connectivity index (χ1n) is 3.76. The molecule has 0 aromatic heterocycles. The highest BCUT2D eigenvalue weighted by Gasteiger charge is 2.33. The van der Waals surface area contributed by atoms with Gasteiger partial charge in [-0.2, -0.15) is 8.78 Å². The molecule has 0 aliphatic rings. The van der Waals surface area contributed by atoms with Gasteiger partial charge in [-0.05, 0) is 26.2 Å². The molecule has 13 heavy (non-hydrogen) atoms. The highest BCUT2D eigenvalue weighted by molar-refractivity contribution is 9.10. The van der Waals surface area contributed by atoms with Gasteiger partial charge in [-0.15, -0.1) is 0 Å². The molecule has 1 rings (SSSR count). The van der Waals surface area contributed by atoms with Crippen molar-refractivity contribution in [1.29, 1.82) is 0 Å². The van der Waals surface area contributed by atoms with Gasteiger partial charge in [0.2, 0.25) is 0 Å². The number of hydrogen-bond donors (Lipinski definition) is 0. The van der Waals surface area contributed by atoms with Gasteiger partial charge in [0.25, 0.3) is 0 Å². The normalized spacial score (nSPS) is 12.2. The summed E-state index contributed by atoms with van der Waals surface area (Å²) in [6, 6.07) is 3.12.